The van der Waals surface area contributed by atoms with Crippen molar-refractivity contribution >= 4 is 38.7 Å². The first-order chi connectivity index (χ1) is 10.2. The molecule has 0 nitrogen and oxygen atoms in total. The lowest BCUT2D eigenvalue weighted by atomic mass is 10.1. The van der Waals surface area contributed by atoms with Gasteiger partial charge in [-0.25, -0.2) is 0 Å². The maximum atomic E-state index is 2.40. The molecule has 0 N–H and O–H groups in total. The molecule has 2 heteroatoms. The van der Waals surface area contributed by atoms with Crippen molar-refractivity contribution in [2.24, 2.45) is 0 Å². The van der Waals surface area contributed by atoms with Gasteiger partial charge in [0.15, 0.2) is 0 Å². The fourth-order valence-corrected chi connectivity index (χ4v) is 4.80. The van der Waals surface area contributed by atoms with E-state index in [0.717, 1.165) is 0 Å². The van der Waals surface area contributed by atoms with Gasteiger partial charge in [0.2, 0.25) is 0 Å². The smallest absolute Gasteiger partial charge is 0.0656 e. The summed E-state index contributed by atoms with van der Waals surface area (Å²) < 4.78 is 0. The minimum atomic E-state index is -1.24. The van der Waals surface area contributed by atoms with E-state index in [0.29, 0.717) is 0 Å². The van der Waals surface area contributed by atoms with Crippen molar-refractivity contribution in [2.45, 2.75) is 39.3 Å². The van der Waals surface area contributed by atoms with E-state index in [2.05, 4.69) is 100.0 Å². The highest BCUT2D eigenvalue weighted by Crippen LogP contribution is 2.11. The summed E-state index contributed by atoms with van der Waals surface area (Å²) in [5.41, 5.74) is 2.61. The molecule has 2 aromatic rings. The van der Waals surface area contributed by atoms with Gasteiger partial charge in [0.05, 0.1) is 16.1 Å². The topological polar surface area (TPSA) is 0 Å². The van der Waals surface area contributed by atoms with E-state index < -0.39 is 16.1 Å². The zero-order chi connectivity index (χ0) is 16.4. The molecule has 0 aliphatic heterocycles. The van der Waals surface area contributed by atoms with Crippen LogP contribution in [-0.4, -0.2) is 16.1 Å². The van der Waals surface area contributed by atoms with Gasteiger partial charge in [-0.15, -0.1) is 0 Å². The fraction of sp³-hybridized carbons (Fsp3) is 0.300. The van der Waals surface area contributed by atoms with Gasteiger partial charge < -0.3 is 0 Å². The minimum absolute atomic E-state index is 1.24. The largest absolute Gasteiger partial charge is 0.0776 e. The van der Waals surface area contributed by atoms with Crippen molar-refractivity contribution in [3.8, 4) is 0 Å². The highest BCUT2D eigenvalue weighted by molar-refractivity contribution is 6.89. The molecule has 0 fully saturated rings. The molecule has 0 unspecified atom stereocenters. The van der Waals surface area contributed by atoms with Crippen LogP contribution in [-0.2, 0) is 0 Å². The van der Waals surface area contributed by atoms with Crippen LogP contribution in [0.4, 0.5) is 0 Å². The van der Waals surface area contributed by atoms with Gasteiger partial charge in [0, 0.05) is 0 Å². The van der Waals surface area contributed by atoms with Crippen LogP contribution in [0.3, 0.4) is 0 Å². The maximum Gasteiger partial charge on any atom is 0.0776 e. The standard InChI is InChI=1S/C20H28Si2/c1-21(2,3)19-11-7-9-17(15-19)13-14-18-10-8-12-20(16-18)22(4,5)6/h7-16H,1-6H3. The molecule has 0 aliphatic rings. The predicted octanol–water partition coefficient (Wildman–Crippen LogP) is 4.95. The Hall–Kier alpha value is -1.39. The van der Waals surface area contributed by atoms with Crippen LogP contribution in [0.2, 0.25) is 39.3 Å². The van der Waals surface area contributed by atoms with Crippen LogP contribution in [0, 0.1) is 0 Å². The molecule has 0 aromatic heterocycles. The maximum absolute atomic E-state index is 2.40. The summed E-state index contributed by atoms with van der Waals surface area (Å²) in [4.78, 5) is 0. The number of rotatable bonds is 4. The van der Waals surface area contributed by atoms with Crippen LogP contribution < -0.4 is 10.4 Å². The molecule has 22 heavy (non-hydrogen) atoms. The van der Waals surface area contributed by atoms with Gasteiger partial charge in [0.1, 0.15) is 0 Å². The van der Waals surface area contributed by atoms with E-state index in [1.807, 2.05) is 0 Å². The summed E-state index contributed by atoms with van der Waals surface area (Å²) in [5, 5.41) is 3.04. The first kappa shape index (κ1) is 17.0. The molecule has 116 valence electrons. The summed E-state index contributed by atoms with van der Waals surface area (Å²) in [6.45, 7) is 14.4. The number of hydrogen-bond donors (Lipinski definition) is 0. The Bertz CT molecular complexity index is 611. The van der Waals surface area contributed by atoms with Gasteiger partial charge in [-0.05, 0) is 11.1 Å². The van der Waals surface area contributed by atoms with Gasteiger partial charge in [0.25, 0.3) is 0 Å². The Kier molecular flexibility index (Phi) is 4.93. The molecule has 0 saturated heterocycles. The van der Waals surface area contributed by atoms with Crippen molar-refractivity contribution in [3.63, 3.8) is 0 Å². The van der Waals surface area contributed by atoms with Crippen molar-refractivity contribution in [1.82, 2.24) is 0 Å². The quantitative estimate of drug-likeness (QED) is 0.551. The third-order valence-electron chi connectivity index (χ3n) is 3.97. The lowest BCUT2D eigenvalue weighted by Gasteiger charge is -2.17. The molecule has 0 spiro atoms. The molecule has 2 rings (SSSR count). The monoisotopic (exact) mass is 324 g/mol. The summed E-state index contributed by atoms with van der Waals surface area (Å²) in [7, 11) is -2.47. The van der Waals surface area contributed by atoms with Crippen LogP contribution >= 0.6 is 0 Å². The van der Waals surface area contributed by atoms with E-state index >= 15 is 0 Å². The summed E-state index contributed by atoms with van der Waals surface area (Å²) >= 11 is 0. The van der Waals surface area contributed by atoms with Crippen LogP contribution in [0.1, 0.15) is 11.1 Å². The summed E-state index contributed by atoms with van der Waals surface area (Å²) in [6.07, 6.45) is 4.49. The van der Waals surface area contributed by atoms with Crippen LogP contribution in [0.15, 0.2) is 48.5 Å². The second kappa shape index (κ2) is 6.39. The molecule has 0 radical (unpaired) electrons. The van der Waals surface area contributed by atoms with E-state index in [-0.39, 0.29) is 0 Å². The van der Waals surface area contributed by atoms with Crippen molar-refractivity contribution in [1.29, 1.82) is 0 Å². The van der Waals surface area contributed by atoms with E-state index in [9.17, 15) is 0 Å². The minimum Gasteiger partial charge on any atom is -0.0656 e. The van der Waals surface area contributed by atoms with Gasteiger partial charge in [-0.1, -0.05) is 110 Å². The Morgan fingerprint density at radius 2 is 0.955 bits per heavy atom. The molecule has 0 amide bonds. The lowest BCUT2D eigenvalue weighted by molar-refractivity contribution is 1.63. The average molecular weight is 325 g/mol. The molecular formula is C20H28Si2. The van der Waals surface area contributed by atoms with Crippen molar-refractivity contribution in [2.75, 3.05) is 0 Å². The Morgan fingerprint density at radius 3 is 1.27 bits per heavy atom. The number of hydrogen-bond acceptors (Lipinski definition) is 0. The highest BCUT2D eigenvalue weighted by Gasteiger charge is 2.16. The zero-order valence-electron chi connectivity index (χ0n) is 14.8. The second-order valence-electron chi connectivity index (χ2n) is 8.08. The Balaban J connectivity index is 2.26. The molecular weight excluding hydrogens is 296 g/mol. The highest BCUT2D eigenvalue weighted by atomic mass is 28.3. The van der Waals surface area contributed by atoms with E-state index in [1.165, 1.54) is 21.5 Å². The van der Waals surface area contributed by atoms with Gasteiger partial charge >= 0.3 is 0 Å². The normalized spacial score (nSPS) is 12.8. The Labute approximate surface area is 137 Å². The van der Waals surface area contributed by atoms with Gasteiger partial charge in [-0.3, -0.25) is 0 Å². The predicted molar refractivity (Wildman–Crippen MR) is 108 cm³/mol. The average Bonchev–Trinajstić information content (AvgIpc) is 2.44. The summed E-state index contributed by atoms with van der Waals surface area (Å²) in [5.74, 6) is 0. The van der Waals surface area contributed by atoms with E-state index in [4.69, 9.17) is 0 Å². The molecule has 0 saturated carbocycles. The molecule has 0 bridgehead atoms. The summed E-state index contributed by atoms with van der Waals surface area (Å²) in [6, 6.07) is 18.0. The first-order valence-corrected chi connectivity index (χ1v) is 15.1. The molecule has 0 heterocycles. The third-order valence-corrected chi connectivity index (χ3v) is 8.06. The van der Waals surface area contributed by atoms with Crippen molar-refractivity contribution < 1.29 is 0 Å². The van der Waals surface area contributed by atoms with Gasteiger partial charge in [-0.2, -0.15) is 0 Å². The first-order valence-electron chi connectivity index (χ1n) is 8.05. The molecule has 2 aromatic carbocycles. The second-order valence-corrected chi connectivity index (χ2v) is 18.2. The zero-order valence-corrected chi connectivity index (χ0v) is 16.8. The molecule has 0 aliphatic carbocycles. The third kappa shape index (κ3) is 4.55. The Morgan fingerprint density at radius 1 is 0.591 bits per heavy atom. The van der Waals surface area contributed by atoms with E-state index in [1.54, 1.807) is 0 Å². The van der Waals surface area contributed by atoms with Crippen LogP contribution in [0.25, 0.3) is 12.2 Å². The van der Waals surface area contributed by atoms with Crippen molar-refractivity contribution in [3.05, 3.63) is 59.7 Å². The fourth-order valence-electron chi connectivity index (χ4n) is 2.41. The molecule has 0 atom stereocenters. The van der Waals surface area contributed by atoms with Crippen LogP contribution in [0.5, 0.6) is 0 Å². The lowest BCUT2D eigenvalue weighted by Crippen LogP contribution is -2.37. The SMILES string of the molecule is C[Si](C)(C)c1cccc(C=Cc2cccc([Si](C)(C)C)c2)c1. The number of benzene rings is 2.